The van der Waals surface area contributed by atoms with Crippen LogP contribution in [0, 0.1) is 11.8 Å². The number of fused-ring (bicyclic) bond motifs is 1. The highest BCUT2D eigenvalue weighted by Gasteiger charge is 2.31. The number of rotatable bonds is 3. The molecule has 0 aromatic heterocycles. The van der Waals surface area contributed by atoms with Crippen LogP contribution >= 0.6 is 0 Å². The van der Waals surface area contributed by atoms with E-state index in [4.69, 9.17) is 4.74 Å². The van der Waals surface area contributed by atoms with Crippen molar-refractivity contribution in [3.05, 3.63) is 28.8 Å². The predicted octanol–water partition coefficient (Wildman–Crippen LogP) is 4.39. The van der Waals surface area contributed by atoms with E-state index in [1.165, 1.54) is 0 Å². The van der Waals surface area contributed by atoms with Gasteiger partial charge in [-0.3, -0.25) is 4.79 Å². The predicted molar refractivity (Wildman–Crippen MR) is 82.7 cm³/mol. The van der Waals surface area contributed by atoms with Crippen molar-refractivity contribution < 1.29 is 9.53 Å². The third kappa shape index (κ3) is 2.89. The Morgan fingerprint density at radius 2 is 1.95 bits per heavy atom. The minimum atomic E-state index is -0.0204. The van der Waals surface area contributed by atoms with E-state index in [0.717, 1.165) is 28.9 Å². The van der Waals surface area contributed by atoms with Gasteiger partial charge < -0.3 is 4.74 Å². The summed E-state index contributed by atoms with van der Waals surface area (Å²) in [6.07, 6.45) is 0.844. The van der Waals surface area contributed by atoms with Crippen molar-refractivity contribution in [2.24, 2.45) is 11.8 Å². The Morgan fingerprint density at radius 1 is 1.30 bits per heavy atom. The number of benzene rings is 1. The smallest absolute Gasteiger partial charge is 0.166 e. The van der Waals surface area contributed by atoms with Gasteiger partial charge in [-0.2, -0.15) is 0 Å². The summed E-state index contributed by atoms with van der Waals surface area (Å²) < 4.78 is 6.01. The Bertz CT molecular complexity index is 521. The van der Waals surface area contributed by atoms with E-state index < -0.39 is 0 Å². The van der Waals surface area contributed by atoms with Gasteiger partial charge in [-0.1, -0.05) is 41.5 Å². The normalized spacial score (nSPS) is 18.6. The van der Waals surface area contributed by atoms with Crippen LogP contribution in [0.2, 0.25) is 0 Å². The second kappa shape index (κ2) is 5.23. The second-order valence-electron chi connectivity index (χ2n) is 7.43. The first-order valence-corrected chi connectivity index (χ1v) is 7.54. The molecule has 0 N–H and O–H groups in total. The van der Waals surface area contributed by atoms with E-state index in [1.807, 2.05) is 6.92 Å². The molecule has 1 aromatic rings. The van der Waals surface area contributed by atoms with Crippen LogP contribution in [0.4, 0.5) is 0 Å². The van der Waals surface area contributed by atoms with Crippen LogP contribution in [0.15, 0.2) is 12.1 Å². The third-order valence-corrected chi connectivity index (χ3v) is 3.82. The Kier molecular flexibility index (Phi) is 3.95. The molecule has 1 aliphatic rings. The first kappa shape index (κ1) is 15.1. The fourth-order valence-electron chi connectivity index (χ4n) is 2.67. The van der Waals surface area contributed by atoms with Crippen molar-refractivity contribution in [1.82, 2.24) is 0 Å². The van der Waals surface area contributed by atoms with Crippen LogP contribution in [-0.2, 0) is 11.8 Å². The van der Waals surface area contributed by atoms with Gasteiger partial charge >= 0.3 is 0 Å². The number of carbonyl (C=O) groups excluding carboxylic acids is 1. The van der Waals surface area contributed by atoms with Crippen molar-refractivity contribution >= 4 is 5.78 Å². The molecule has 1 aromatic carbocycles. The molecule has 0 radical (unpaired) electrons. The van der Waals surface area contributed by atoms with Crippen LogP contribution in [0.25, 0.3) is 0 Å². The summed E-state index contributed by atoms with van der Waals surface area (Å²) in [5.41, 5.74) is 3.17. The van der Waals surface area contributed by atoms with Crippen molar-refractivity contribution in [2.45, 2.75) is 53.4 Å². The van der Waals surface area contributed by atoms with Gasteiger partial charge in [-0.25, -0.2) is 0 Å². The van der Waals surface area contributed by atoms with Gasteiger partial charge in [0.05, 0.1) is 6.61 Å². The molecule has 0 heterocycles. The number of Topliss-reactive ketones (excluding diaryl/α,β-unsaturated/α-hetero) is 1. The SMILES string of the molecule is CC(C)COc1cc2c(cc1C(C)(C)C)C(=O)C(C)C2. The quantitative estimate of drug-likeness (QED) is 0.817. The highest BCUT2D eigenvalue weighted by Crippen LogP contribution is 2.38. The molecule has 20 heavy (non-hydrogen) atoms. The van der Waals surface area contributed by atoms with E-state index in [2.05, 4.69) is 46.8 Å². The third-order valence-electron chi connectivity index (χ3n) is 3.82. The molecule has 0 fully saturated rings. The van der Waals surface area contributed by atoms with Crippen LogP contribution < -0.4 is 4.74 Å². The van der Waals surface area contributed by atoms with Gasteiger partial charge in [-0.15, -0.1) is 0 Å². The summed E-state index contributed by atoms with van der Waals surface area (Å²) in [6.45, 7) is 13.5. The molecule has 1 unspecified atom stereocenters. The lowest BCUT2D eigenvalue weighted by molar-refractivity contribution is 0.0946. The van der Waals surface area contributed by atoms with Gasteiger partial charge in [0.2, 0.25) is 0 Å². The molecule has 1 atom stereocenters. The molecular weight excluding hydrogens is 248 g/mol. The van der Waals surface area contributed by atoms with Crippen LogP contribution in [0.1, 0.15) is 63.0 Å². The second-order valence-corrected chi connectivity index (χ2v) is 7.43. The average Bonchev–Trinajstić information content (AvgIpc) is 2.60. The maximum atomic E-state index is 12.2. The monoisotopic (exact) mass is 274 g/mol. The molecule has 1 aliphatic carbocycles. The van der Waals surface area contributed by atoms with Gasteiger partial charge in [-0.05, 0) is 35.4 Å². The summed E-state index contributed by atoms with van der Waals surface area (Å²) in [4.78, 5) is 12.2. The topological polar surface area (TPSA) is 26.3 Å². The molecule has 0 spiro atoms. The molecule has 2 heteroatoms. The standard InChI is InChI=1S/C18H26O2/c1-11(2)10-20-16-8-13-7-12(3)17(19)14(13)9-15(16)18(4,5)6/h8-9,11-12H,7,10H2,1-6H3. The molecule has 0 amide bonds. The lowest BCUT2D eigenvalue weighted by Gasteiger charge is -2.24. The first-order valence-electron chi connectivity index (χ1n) is 7.54. The highest BCUT2D eigenvalue weighted by atomic mass is 16.5. The maximum absolute atomic E-state index is 12.2. The van der Waals surface area contributed by atoms with Crippen molar-refractivity contribution in [3.8, 4) is 5.75 Å². The maximum Gasteiger partial charge on any atom is 0.166 e. The molecule has 0 saturated heterocycles. The zero-order valence-electron chi connectivity index (χ0n) is 13.5. The summed E-state index contributed by atoms with van der Waals surface area (Å²) >= 11 is 0. The number of hydrogen-bond donors (Lipinski definition) is 0. The van der Waals surface area contributed by atoms with E-state index in [1.54, 1.807) is 0 Å². The Hall–Kier alpha value is -1.31. The number of ether oxygens (including phenoxy) is 1. The number of hydrogen-bond acceptors (Lipinski definition) is 2. The summed E-state index contributed by atoms with van der Waals surface area (Å²) in [6, 6.07) is 4.16. The lowest BCUT2D eigenvalue weighted by Crippen LogP contribution is -2.16. The molecule has 2 nitrogen and oxygen atoms in total. The minimum absolute atomic E-state index is 0.0204. The number of carbonyl (C=O) groups is 1. The highest BCUT2D eigenvalue weighted by molar-refractivity contribution is 6.02. The minimum Gasteiger partial charge on any atom is -0.493 e. The van der Waals surface area contributed by atoms with Gasteiger partial charge in [0.1, 0.15) is 5.75 Å². The fourth-order valence-corrected chi connectivity index (χ4v) is 2.67. The summed E-state index contributed by atoms with van der Waals surface area (Å²) in [5.74, 6) is 1.84. The molecule has 0 saturated carbocycles. The van der Waals surface area contributed by atoms with Gasteiger partial charge in [0.15, 0.2) is 5.78 Å². The summed E-state index contributed by atoms with van der Waals surface area (Å²) in [7, 11) is 0. The Balaban J connectivity index is 2.45. The van der Waals surface area contributed by atoms with E-state index in [-0.39, 0.29) is 17.1 Å². The fraction of sp³-hybridized carbons (Fsp3) is 0.611. The Morgan fingerprint density at radius 3 is 2.50 bits per heavy atom. The van der Waals surface area contributed by atoms with E-state index in [0.29, 0.717) is 12.5 Å². The summed E-state index contributed by atoms with van der Waals surface area (Å²) in [5, 5.41) is 0. The average molecular weight is 274 g/mol. The molecular formula is C18H26O2. The first-order chi connectivity index (χ1) is 9.20. The zero-order chi connectivity index (χ0) is 15.1. The number of ketones is 1. The zero-order valence-corrected chi connectivity index (χ0v) is 13.5. The molecule has 0 bridgehead atoms. The van der Waals surface area contributed by atoms with E-state index >= 15 is 0 Å². The van der Waals surface area contributed by atoms with Gasteiger partial charge in [0, 0.05) is 17.0 Å². The molecule has 2 rings (SSSR count). The Labute approximate surface area is 122 Å². The van der Waals surface area contributed by atoms with Crippen molar-refractivity contribution in [3.63, 3.8) is 0 Å². The van der Waals surface area contributed by atoms with Crippen molar-refractivity contribution in [2.75, 3.05) is 6.61 Å². The molecule has 0 aliphatic heterocycles. The van der Waals surface area contributed by atoms with E-state index in [9.17, 15) is 4.79 Å². The van der Waals surface area contributed by atoms with Crippen LogP contribution in [0.3, 0.4) is 0 Å². The molecule has 110 valence electrons. The van der Waals surface area contributed by atoms with Gasteiger partial charge in [0.25, 0.3) is 0 Å². The van der Waals surface area contributed by atoms with Crippen LogP contribution in [-0.4, -0.2) is 12.4 Å². The largest absolute Gasteiger partial charge is 0.493 e. The lowest BCUT2D eigenvalue weighted by atomic mass is 9.84. The van der Waals surface area contributed by atoms with Crippen LogP contribution in [0.5, 0.6) is 5.75 Å². The van der Waals surface area contributed by atoms with Crippen molar-refractivity contribution in [1.29, 1.82) is 0 Å².